The van der Waals surface area contributed by atoms with Gasteiger partial charge >= 0.3 is 23.9 Å². The van der Waals surface area contributed by atoms with Crippen molar-refractivity contribution in [2.75, 3.05) is 19.8 Å². The van der Waals surface area contributed by atoms with Crippen molar-refractivity contribution in [2.45, 2.75) is 78.0 Å². The topological polar surface area (TPSA) is 133 Å². The lowest BCUT2D eigenvalue weighted by Crippen LogP contribution is -2.59. The molecule has 11 heteroatoms. The van der Waals surface area contributed by atoms with Gasteiger partial charge in [0.1, 0.15) is 32.0 Å². The number of fused-ring (bicyclic) bond motifs is 1. The van der Waals surface area contributed by atoms with E-state index in [1.54, 1.807) is 0 Å². The van der Waals surface area contributed by atoms with Gasteiger partial charge < -0.3 is 33.2 Å². The van der Waals surface area contributed by atoms with Gasteiger partial charge in [0, 0.05) is 27.7 Å². The molecule has 2 heterocycles. The zero-order chi connectivity index (χ0) is 30.4. The Hall–Kier alpha value is -4.12. The average Bonchev–Trinajstić information content (AvgIpc) is 2.93. The first-order valence-corrected chi connectivity index (χ1v) is 13.9. The standard InChI is InChI=1S/C31H36O11/c1-6-22-8-9-23(15-24(22)13-21-7-10-25-26(14-21)37-12-11-36-25)28-30(40-19(4)34)31(41-20(5)35)29(39-18(3)33)27(42-28)16-38-17(2)32/h7-10,14-15,27-31H,6,11-13,16H2,1-5H3/t27-,28+,29?,30+,31+/m1/s1. The first-order chi connectivity index (χ1) is 20.0. The van der Waals surface area contributed by atoms with Gasteiger partial charge in [0.05, 0.1) is 0 Å². The second-order valence-electron chi connectivity index (χ2n) is 10.2. The molecule has 4 rings (SSSR count). The summed E-state index contributed by atoms with van der Waals surface area (Å²) in [5, 5.41) is 0. The quantitative estimate of drug-likeness (QED) is 0.317. The fourth-order valence-electron chi connectivity index (χ4n) is 5.25. The predicted octanol–water partition coefficient (Wildman–Crippen LogP) is 3.41. The lowest BCUT2D eigenvalue weighted by Gasteiger charge is -2.44. The maximum Gasteiger partial charge on any atom is 0.303 e. The highest BCUT2D eigenvalue weighted by atomic mass is 16.7. The smallest absolute Gasteiger partial charge is 0.303 e. The van der Waals surface area contributed by atoms with E-state index in [-0.39, 0.29) is 6.61 Å². The Kier molecular flexibility index (Phi) is 10.1. The molecule has 1 saturated heterocycles. The molecule has 0 amide bonds. The number of benzene rings is 2. The minimum absolute atomic E-state index is 0.286. The van der Waals surface area contributed by atoms with Crippen molar-refractivity contribution in [3.63, 3.8) is 0 Å². The van der Waals surface area contributed by atoms with Gasteiger partial charge in [0.25, 0.3) is 0 Å². The molecular weight excluding hydrogens is 548 g/mol. The van der Waals surface area contributed by atoms with Crippen molar-refractivity contribution in [3.8, 4) is 11.5 Å². The van der Waals surface area contributed by atoms with Gasteiger partial charge in [0.2, 0.25) is 0 Å². The number of hydrogen-bond acceptors (Lipinski definition) is 11. The van der Waals surface area contributed by atoms with Crippen LogP contribution in [0.2, 0.25) is 0 Å². The monoisotopic (exact) mass is 584 g/mol. The Morgan fingerprint density at radius 3 is 2.02 bits per heavy atom. The van der Waals surface area contributed by atoms with Crippen LogP contribution in [0.25, 0.3) is 0 Å². The molecule has 5 atom stereocenters. The van der Waals surface area contributed by atoms with Gasteiger partial charge in [-0.1, -0.05) is 31.2 Å². The molecule has 0 aromatic heterocycles. The third kappa shape index (κ3) is 7.58. The van der Waals surface area contributed by atoms with Crippen LogP contribution >= 0.6 is 0 Å². The molecule has 2 aromatic rings. The molecule has 11 nitrogen and oxygen atoms in total. The van der Waals surface area contributed by atoms with Gasteiger partial charge in [-0.05, 0) is 47.2 Å². The van der Waals surface area contributed by atoms with Crippen molar-refractivity contribution in [1.29, 1.82) is 0 Å². The molecule has 2 aliphatic rings. The maximum absolute atomic E-state index is 12.3. The Morgan fingerprint density at radius 1 is 0.738 bits per heavy atom. The fraction of sp³-hybridized carbons (Fsp3) is 0.484. The van der Waals surface area contributed by atoms with Gasteiger partial charge in [-0.15, -0.1) is 0 Å². The maximum atomic E-state index is 12.3. The molecule has 0 N–H and O–H groups in total. The van der Waals surface area contributed by atoms with E-state index in [4.69, 9.17) is 33.2 Å². The molecule has 0 radical (unpaired) electrons. The zero-order valence-electron chi connectivity index (χ0n) is 24.4. The van der Waals surface area contributed by atoms with E-state index >= 15 is 0 Å². The number of carbonyl (C=O) groups excluding carboxylic acids is 4. The van der Waals surface area contributed by atoms with Gasteiger partial charge in [0.15, 0.2) is 29.8 Å². The average molecular weight is 585 g/mol. The van der Waals surface area contributed by atoms with E-state index in [0.717, 1.165) is 23.1 Å². The molecule has 0 saturated carbocycles. The van der Waals surface area contributed by atoms with Crippen molar-refractivity contribution in [3.05, 3.63) is 58.7 Å². The Labute approximate surface area is 244 Å². The molecule has 1 fully saturated rings. The van der Waals surface area contributed by atoms with Crippen LogP contribution in [0.3, 0.4) is 0 Å². The normalized spacial score (nSPS) is 22.9. The van der Waals surface area contributed by atoms with E-state index in [9.17, 15) is 19.2 Å². The van der Waals surface area contributed by atoms with Crippen LogP contribution in [0.15, 0.2) is 36.4 Å². The molecule has 2 aliphatic heterocycles. The number of carbonyl (C=O) groups is 4. The summed E-state index contributed by atoms with van der Waals surface area (Å²) in [6, 6.07) is 11.6. The van der Waals surface area contributed by atoms with Gasteiger partial charge in [-0.3, -0.25) is 19.2 Å². The van der Waals surface area contributed by atoms with Crippen LogP contribution in [0, 0.1) is 0 Å². The summed E-state index contributed by atoms with van der Waals surface area (Å²) >= 11 is 0. The van der Waals surface area contributed by atoms with E-state index in [1.165, 1.54) is 27.7 Å². The summed E-state index contributed by atoms with van der Waals surface area (Å²) in [5.74, 6) is -1.19. The summed E-state index contributed by atoms with van der Waals surface area (Å²) in [7, 11) is 0. The second kappa shape index (κ2) is 13.7. The number of aryl methyl sites for hydroxylation is 1. The minimum Gasteiger partial charge on any atom is -0.486 e. The van der Waals surface area contributed by atoms with Gasteiger partial charge in [-0.2, -0.15) is 0 Å². The van der Waals surface area contributed by atoms with Crippen molar-refractivity contribution >= 4 is 23.9 Å². The SMILES string of the molecule is CCc1ccc([C@@H]2O[C@H](COC(C)=O)C(OC(C)=O)[C@H](OC(C)=O)[C@H]2OC(C)=O)cc1Cc1ccc2c(c1)OCCO2. The third-order valence-corrected chi connectivity index (χ3v) is 6.93. The number of hydrogen-bond donors (Lipinski definition) is 0. The first-order valence-electron chi connectivity index (χ1n) is 13.9. The van der Waals surface area contributed by atoms with Crippen LogP contribution in [0.5, 0.6) is 11.5 Å². The summed E-state index contributed by atoms with van der Waals surface area (Å²) in [5.41, 5.74) is 3.74. The molecule has 0 spiro atoms. The van der Waals surface area contributed by atoms with Crippen LogP contribution in [0.4, 0.5) is 0 Å². The minimum atomic E-state index is -1.23. The molecule has 0 aliphatic carbocycles. The summed E-state index contributed by atoms with van der Waals surface area (Å²) in [6.07, 6.45) is -4.25. The Balaban J connectivity index is 1.75. The van der Waals surface area contributed by atoms with Crippen LogP contribution in [-0.4, -0.2) is 68.1 Å². The van der Waals surface area contributed by atoms with Crippen LogP contribution < -0.4 is 9.47 Å². The number of esters is 4. The highest BCUT2D eigenvalue weighted by Gasteiger charge is 2.52. The van der Waals surface area contributed by atoms with Crippen LogP contribution in [-0.2, 0) is 55.7 Å². The summed E-state index contributed by atoms with van der Waals surface area (Å²) in [4.78, 5) is 48.1. The molecule has 1 unspecified atom stereocenters. The van der Waals surface area contributed by atoms with Crippen molar-refractivity contribution in [1.82, 2.24) is 0 Å². The zero-order valence-corrected chi connectivity index (χ0v) is 24.4. The summed E-state index contributed by atoms with van der Waals surface area (Å²) in [6.45, 7) is 7.60. The Bertz CT molecular complexity index is 1320. The highest BCUT2D eigenvalue weighted by molar-refractivity contribution is 5.69. The van der Waals surface area contributed by atoms with E-state index in [1.807, 2.05) is 36.4 Å². The molecule has 2 aromatic carbocycles. The predicted molar refractivity (Wildman–Crippen MR) is 147 cm³/mol. The number of ether oxygens (including phenoxy) is 7. The van der Waals surface area contributed by atoms with E-state index in [2.05, 4.69) is 6.92 Å². The van der Waals surface area contributed by atoms with Gasteiger partial charge in [-0.25, -0.2) is 0 Å². The molecular formula is C31H36O11. The largest absolute Gasteiger partial charge is 0.486 e. The molecule has 0 bridgehead atoms. The molecule has 226 valence electrons. The lowest BCUT2D eigenvalue weighted by atomic mass is 9.88. The number of rotatable bonds is 9. The lowest BCUT2D eigenvalue weighted by molar-refractivity contribution is -0.254. The first kappa shape index (κ1) is 30.8. The molecule has 42 heavy (non-hydrogen) atoms. The summed E-state index contributed by atoms with van der Waals surface area (Å²) < 4.78 is 39.7. The second-order valence-corrected chi connectivity index (χ2v) is 10.2. The fourth-order valence-corrected chi connectivity index (χ4v) is 5.25. The van der Waals surface area contributed by atoms with E-state index in [0.29, 0.717) is 36.7 Å². The highest BCUT2D eigenvalue weighted by Crippen LogP contribution is 2.39. The Morgan fingerprint density at radius 2 is 1.38 bits per heavy atom. The van der Waals surface area contributed by atoms with E-state index < -0.39 is 54.4 Å². The van der Waals surface area contributed by atoms with Crippen LogP contribution in [0.1, 0.15) is 63.0 Å². The third-order valence-electron chi connectivity index (χ3n) is 6.93. The van der Waals surface area contributed by atoms with Crippen molar-refractivity contribution < 1.29 is 52.3 Å². The van der Waals surface area contributed by atoms with Crippen molar-refractivity contribution in [2.24, 2.45) is 0 Å².